The predicted molar refractivity (Wildman–Crippen MR) is 82.5 cm³/mol. The van der Waals surface area contributed by atoms with Crippen molar-refractivity contribution in [2.75, 3.05) is 5.73 Å². The molecule has 1 rings (SSSR count). The monoisotopic (exact) mass is 361 g/mol. The summed E-state index contributed by atoms with van der Waals surface area (Å²) in [7, 11) is 0. The molecule has 0 spiro atoms. The molecule has 0 aliphatic rings. The molecular formula is C15H18F3N3O4. The lowest BCUT2D eigenvalue weighted by atomic mass is 10.1. The number of urea groups is 1. The number of nitrogens with one attached hydrogen (secondary N) is 2. The number of rotatable bonds is 4. The van der Waals surface area contributed by atoms with Gasteiger partial charge in [-0.3, -0.25) is 10.1 Å². The van der Waals surface area contributed by atoms with Crippen LogP contribution >= 0.6 is 0 Å². The Morgan fingerprint density at radius 1 is 1.16 bits per heavy atom. The van der Waals surface area contributed by atoms with E-state index < -0.39 is 41.4 Å². The molecule has 0 unspecified atom stereocenters. The zero-order chi connectivity index (χ0) is 19.4. The van der Waals surface area contributed by atoms with Crippen LogP contribution in [-0.4, -0.2) is 30.1 Å². The predicted octanol–water partition coefficient (Wildman–Crippen LogP) is 2.07. The van der Waals surface area contributed by atoms with E-state index in [9.17, 15) is 27.6 Å². The van der Waals surface area contributed by atoms with E-state index in [0.717, 1.165) is 6.07 Å². The van der Waals surface area contributed by atoms with E-state index in [2.05, 4.69) is 5.32 Å². The number of ether oxygens (including phenoxy) is 1. The van der Waals surface area contributed by atoms with Crippen LogP contribution in [0.4, 0.5) is 23.7 Å². The van der Waals surface area contributed by atoms with Gasteiger partial charge in [-0.25, -0.2) is 9.59 Å². The largest absolute Gasteiger partial charge is 0.449 e. The molecule has 1 atom stereocenters. The van der Waals surface area contributed by atoms with E-state index in [4.69, 9.17) is 10.5 Å². The van der Waals surface area contributed by atoms with Crippen molar-refractivity contribution in [2.45, 2.75) is 39.1 Å². The van der Waals surface area contributed by atoms with Gasteiger partial charge < -0.3 is 15.8 Å². The molecule has 7 nitrogen and oxygen atoms in total. The van der Waals surface area contributed by atoms with Gasteiger partial charge in [-0.1, -0.05) is 0 Å². The third-order valence-electron chi connectivity index (χ3n) is 2.91. The highest BCUT2D eigenvalue weighted by Crippen LogP contribution is 2.31. The normalized spacial score (nSPS) is 12.4. The minimum absolute atomic E-state index is 0.211. The summed E-state index contributed by atoms with van der Waals surface area (Å²) in [5.74, 6) is -1.98. The molecule has 138 valence electrons. The number of esters is 1. The van der Waals surface area contributed by atoms with Crippen LogP contribution in [0.25, 0.3) is 0 Å². The average Bonchev–Trinajstić information content (AvgIpc) is 2.44. The molecular weight excluding hydrogens is 343 g/mol. The zero-order valence-corrected chi connectivity index (χ0v) is 13.7. The molecule has 0 heterocycles. The second-order valence-corrected chi connectivity index (χ2v) is 5.46. The molecule has 0 aliphatic heterocycles. The Hall–Kier alpha value is -2.78. The maximum Gasteiger partial charge on any atom is 0.416 e. The number of carbonyl (C=O) groups excluding carboxylic acids is 3. The molecule has 10 heteroatoms. The minimum Gasteiger partial charge on any atom is -0.449 e. The van der Waals surface area contributed by atoms with Crippen molar-refractivity contribution in [3.63, 3.8) is 0 Å². The lowest BCUT2D eigenvalue weighted by Crippen LogP contribution is -2.46. The van der Waals surface area contributed by atoms with Gasteiger partial charge in [0.05, 0.1) is 11.1 Å². The summed E-state index contributed by atoms with van der Waals surface area (Å²) in [6.07, 6.45) is -5.96. The highest BCUT2D eigenvalue weighted by atomic mass is 19.4. The van der Waals surface area contributed by atoms with Gasteiger partial charge in [0.1, 0.15) is 0 Å². The molecule has 0 fully saturated rings. The number of carbonyl (C=O) groups is 3. The van der Waals surface area contributed by atoms with E-state index in [1.807, 2.05) is 5.32 Å². The fourth-order valence-electron chi connectivity index (χ4n) is 1.71. The van der Waals surface area contributed by atoms with Crippen LogP contribution in [0.1, 0.15) is 36.7 Å². The Balaban J connectivity index is 2.75. The van der Waals surface area contributed by atoms with Gasteiger partial charge in [-0.15, -0.1) is 0 Å². The topological polar surface area (TPSA) is 111 Å². The van der Waals surface area contributed by atoms with Crippen LogP contribution in [0.2, 0.25) is 0 Å². The summed E-state index contributed by atoms with van der Waals surface area (Å²) in [5, 5.41) is 4.37. The fourth-order valence-corrected chi connectivity index (χ4v) is 1.71. The van der Waals surface area contributed by atoms with Crippen LogP contribution in [-0.2, 0) is 15.7 Å². The highest BCUT2D eigenvalue weighted by Gasteiger charge is 2.31. The van der Waals surface area contributed by atoms with E-state index in [1.54, 1.807) is 13.8 Å². The van der Waals surface area contributed by atoms with E-state index in [-0.39, 0.29) is 11.6 Å². The van der Waals surface area contributed by atoms with Gasteiger partial charge >= 0.3 is 18.2 Å². The number of anilines is 1. The van der Waals surface area contributed by atoms with Crippen LogP contribution < -0.4 is 16.4 Å². The first-order valence-corrected chi connectivity index (χ1v) is 7.21. The van der Waals surface area contributed by atoms with Gasteiger partial charge in [0.2, 0.25) is 0 Å². The summed E-state index contributed by atoms with van der Waals surface area (Å²) in [6.45, 7) is 4.57. The minimum atomic E-state index is -4.60. The summed E-state index contributed by atoms with van der Waals surface area (Å²) in [6, 6.07) is 1.15. The number of hydrogen-bond acceptors (Lipinski definition) is 5. The zero-order valence-electron chi connectivity index (χ0n) is 13.7. The smallest absolute Gasteiger partial charge is 0.416 e. The third-order valence-corrected chi connectivity index (χ3v) is 2.91. The van der Waals surface area contributed by atoms with Crippen LogP contribution in [0.5, 0.6) is 0 Å². The van der Waals surface area contributed by atoms with Crippen molar-refractivity contribution in [3.8, 4) is 0 Å². The Labute approximate surface area is 141 Å². The second-order valence-electron chi connectivity index (χ2n) is 5.46. The van der Waals surface area contributed by atoms with E-state index in [1.165, 1.54) is 6.92 Å². The molecule has 0 bridgehead atoms. The molecule has 0 aromatic heterocycles. The highest BCUT2D eigenvalue weighted by molar-refractivity contribution is 6.00. The molecule has 1 aromatic carbocycles. The number of imide groups is 1. The number of hydrogen-bond donors (Lipinski definition) is 3. The first-order chi connectivity index (χ1) is 11.4. The Kier molecular flexibility index (Phi) is 6.37. The number of nitrogen functional groups attached to an aromatic ring is 1. The maximum atomic E-state index is 12.6. The van der Waals surface area contributed by atoms with Crippen LogP contribution in [0.15, 0.2) is 18.2 Å². The summed E-state index contributed by atoms with van der Waals surface area (Å²) in [5.41, 5.74) is 3.66. The van der Waals surface area contributed by atoms with Crippen LogP contribution in [0.3, 0.4) is 0 Å². The molecule has 3 amide bonds. The van der Waals surface area contributed by atoms with Crippen LogP contribution in [0, 0.1) is 0 Å². The molecule has 0 aliphatic carbocycles. The first kappa shape index (κ1) is 20.3. The summed E-state index contributed by atoms with van der Waals surface area (Å²) < 4.78 is 42.5. The lowest BCUT2D eigenvalue weighted by Gasteiger charge is -2.15. The van der Waals surface area contributed by atoms with Crippen molar-refractivity contribution in [1.82, 2.24) is 10.6 Å². The number of nitrogens with two attached hydrogens (primary N) is 1. The summed E-state index contributed by atoms with van der Waals surface area (Å²) in [4.78, 5) is 35.1. The van der Waals surface area contributed by atoms with Crippen molar-refractivity contribution in [3.05, 3.63) is 29.3 Å². The van der Waals surface area contributed by atoms with Crippen molar-refractivity contribution in [2.24, 2.45) is 0 Å². The van der Waals surface area contributed by atoms with Crippen molar-refractivity contribution in [1.29, 1.82) is 0 Å². The molecule has 4 N–H and O–H groups in total. The number of halogens is 3. The molecule has 0 radical (unpaired) electrons. The Bertz CT molecular complexity index is 674. The fraction of sp³-hybridized carbons (Fsp3) is 0.400. The van der Waals surface area contributed by atoms with Gasteiger partial charge in [-0.05, 0) is 39.0 Å². The van der Waals surface area contributed by atoms with Gasteiger partial charge in [0, 0.05) is 11.7 Å². The Morgan fingerprint density at radius 3 is 2.24 bits per heavy atom. The Morgan fingerprint density at radius 2 is 1.76 bits per heavy atom. The van der Waals surface area contributed by atoms with Gasteiger partial charge in [0.25, 0.3) is 5.91 Å². The quantitative estimate of drug-likeness (QED) is 0.562. The molecule has 1 aromatic rings. The third kappa shape index (κ3) is 5.98. The number of benzene rings is 1. The maximum absolute atomic E-state index is 12.6. The average molecular weight is 361 g/mol. The lowest BCUT2D eigenvalue weighted by molar-refractivity contribution is -0.137. The molecule has 0 saturated carbocycles. The second kappa shape index (κ2) is 7.86. The first-order valence-electron chi connectivity index (χ1n) is 7.21. The van der Waals surface area contributed by atoms with Crippen molar-refractivity contribution < 1.29 is 32.3 Å². The van der Waals surface area contributed by atoms with Gasteiger partial charge in [-0.2, -0.15) is 13.2 Å². The molecule has 25 heavy (non-hydrogen) atoms. The van der Waals surface area contributed by atoms with E-state index >= 15 is 0 Å². The molecule has 0 saturated heterocycles. The standard InChI is InChI=1S/C15H18F3N3O4/c1-7(2)20-14(24)21-12(22)8(3)25-13(23)10-5-4-9(6-11(10)19)15(16,17)18/h4-8H,19H2,1-3H3,(H2,20,21,22,24)/t8-/m1/s1. The van der Waals surface area contributed by atoms with Crippen molar-refractivity contribution >= 4 is 23.6 Å². The number of amides is 3. The number of alkyl halides is 3. The van der Waals surface area contributed by atoms with Gasteiger partial charge in [0.15, 0.2) is 6.10 Å². The summed E-state index contributed by atoms with van der Waals surface area (Å²) >= 11 is 0. The van der Waals surface area contributed by atoms with E-state index in [0.29, 0.717) is 12.1 Å². The SMILES string of the molecule is CC(C)NC(=O)NC(=O)[C@@H](C)OC(=O)c1ccc(C(F)(F)F)cc1N.